The van der Waals surface area contributed by atoms with Gasteiger partial charge in [0.15, 0.2) is 0 Å². The minimum absolute atomic E-state index is 0.205. The molecule has 17 heavy (non-hydrogen) atoms. The summed E-state index contributed by atoms with van der Waals surface area (Å²) in [5.41, 5.74) is 24.4. The maximum atomic E-state index is 8.35. The molecular formula is C5Cl2N10. The van der Waals surface area contributed by atoms with Gasteiger partial charge in [-0.3, -0.25) is 0 Å². The fourth-order valence-corrected chi connectivity index (χ4v) is 1.23. The van der Waals surface area contributed by atoms with Crippen LogP contribution in [0.1, 0.15) is 0 Å². The molecule has 1 rings (SSSR count). The molecule has 1 heterocycles. The van der Waals surface area contributed by atoms with Gasteiger partial charge in [-0.25, -0.2) is 4.98 Å². The average molecular weight is 271 g/mol. The summed E-state index contributed by atoms with van der Waals surface area (Å²) in [7, 11) is 0. The SMILES string of the molecule is [N-]=[N+]=Nc1nc(Cl)c(Cl)c(N=[N+]=[N-])c1N=[N+]=[N-]. The van der Waals surface area contributed by atoms with Crippen LogP contribution in [0, 0.1) is 0 Å². The number of hydrogen-bond acceptors (Lipinski definition) is 4. The standard InChI is InChI=1S/C5Cl2N10/c6-1-2(12-15-8)3(13-16-9)5(14-17-10)11-4(1)7. The van der Waals surface area contributed by atoms with Crippen LogP contribution in [0.4, 0.5) is 17.2 Å². The minimum Gasteiger partial charge on any atom is -0.232 e. The van der Waals surface area contributed by atoms with E-state index in [0.29, 0.717) is 0 Å². The zero-order chi connectivity index (χ0) is 12.8. The second kappa shape index (κ2) is 5.66. The molecule has 0 aliphatic heterocycles. The molecule has 0 atom stereocenters. The minimum atomic E-state index is -0.331. The Kier molecular flexibility index (Phi) is 4.24. The van der Waals surface area contributed by atoms with Crippen molar-refractivity contribution in [2.24, 2.45) is 15.3 Å². The first kappa shape index (κ1) is 12.7. The lowest BCUT2D eigenvalue weighted by Gasteiger charge is -2.05. The van der Waals surface area contributed by atoms with Crippen LogP contribution in [0.2, 0.25) is 10.2 Å². The van der Waals surface area contributed by atoms with Gasteiger partial charge in [0.05, 0.1) is 16.4 Å². The van der Waals surface area contributed by atoms with Crippen molar-refractivity contribution in [1.82, 2.24) is 4.98 Å². The van der Waals surface area contributed by atoms with Crippen molar-refractivity contribution < 1.29 is 0 Å². The van der Waals surface area contributed by atoms with Crippen LogP contribution in [-0.4, -0.2) is 4.98 Å². The van der Waals surface area contributed by atoms with Crippen LogP contribution in [0.15, 0.2) is 15.3 Å². The molecule has 0 saturated carbocycles. The number of halogens is 2. The molecule has 0 bridgehead atoms. The fraction of sp³-hybridized carbons (Fsp3) is 0. The Morgan fingerprint density at radius 1 is 0.882 bits per heavy atom. The molecule has 0 radical (unpaired) electrons. The highest BCUT2D eigenvalue weighted by Crippen LogP contribution is 2.44. The van der Waals surface area contributed by atoms with Crippen molar-refractivity contribution in [1.29, 1.82) is 0 Å². The van der Waals surface area contributed by atoms with Gasteiger partial charge in [0.25, 0.3) is 0 Å². The number of pyridine rings is 1. The zero-order valence-electron chi connectivity index (χ0n) is 7.73. The van der Waals surface area contributed by atoms with Gasteiger partial charge in [0.2, 0.25) is 0 Å². The maximum absolute atomic E-state index is 8.35. The third-order valence-corrected chi connectivity index (χ3v) is 2.19. The van der Waals surface area contributed by atoms with E-state index in [1.807, 2.05) is 0 Å². The Bertz CT molecular complexity index is 604. The lowest BCUT2D eigenvalue weighted by atomic mass is 10.3. The van der Waals surface area contributed by atoms with E-state index in [1.54, 1.807) is 0 Å². The summed E-state index contributed by atoms with van der Waals surface area (Å²) in [5, 5.41) is 9.10. The number of nitrogens with zero attached hydrogens (tertiary/aromatic N) is 10. The first-order valence-electron chi connectivity index (χ1n) is 3.70. The molecule has 1 aromatic rings. The molecule has 84 valence electrons. The van der Waals surface area contributed by atoms with Crippen molar-refractivity contribution in [2.45, 2.75) is 0 Å². The molecule has 0 unspecified atom stereocenters. The summed E-state index contributed by atoms with van der Waals surface area (Å²) in [6.07, 6.45) is 0. The maximum Gasteiger partial charge on any atom is 0.148 e. The van der Waals surface area contributed by atoms with E-state index < -0.39 is 0 Å². The van der Waals surface area contributed by atoms with Crippen LogP contribution < -0.4 is 0 Å². The normalized spacial score (nSPS) is 8.59. The molecule has 0 saturated heterocycles. The highest BCUT2D eigenvalue weighted by molar-refractivity contribution is 6.43. The Morgan fingerprint density at radius 3 is 1.94 bits per heavy atom. The zero-order valence-corrected chi connectivity index (χ0v) is 9.24. The van der Waals surface area contributed by atoms with Crippen molar-refractivity contribution in [3.63, 3.8) is 0 Å². The van der Waals surface area contributed by atoms with Gasteiger partial charge >= 0.3 is 0 Å². The highest BCUT2D eigenvalue weighted by atomic mass is 35.5. The smallest absolute Gasteiger partial charge is 0.148 e. The number of azide groups is 3. The van der Waals surface area contributed by atoms with Crippen LogP contribution in [0.3, 0.4) is 0 Å². The summed E-state index contributed by atoms with van der Waals surface area (Å²) >= 11 is 11.3. The molecule has 0 aliphatic carbocycles. The first-order chi connectivity index (χ1) is 8.15. The number of hydrogen-bond donors (Lipinski definition) is 0. The van der Waals surface area contributed by atoms with Gasteiger partial charge in [-0.1, -0.05) is 33.4 Å². The lowest BCUT2D eigenvalue weighted by molar-refractivity contribution is 1.22. The Hall–Kier alpha value is -2.34. The van der Waals surface area contributed by atoms with Gasteiger partial charge < -0.3 is 0 Å². The Morgan fingerprint density at radius 2 is 1.41 bits per heavy atom. The first-order valence-corrected chi connectivity index (χ1v) is 4.45. The van der Waals surface area contributed by atoms with Crippen LogP contribution in [0.25, 0.3) is 31.3 Å². The molecule has 0 spiro atoms. The Labute approximate surface area is 103 Å². The van der Waals surface area contributed by atoms with E-state index >= 15 is 0 Å². The quantitative estimate of drug-likeness (QED) is 0.313. The predicted octanol–water partition coefficient (Wildman–Crippen LogP) is 5.21. The van der Waals surface area contributed by atoms with Gasteiger partial charge in [-0.15, -0.1) is 0 Å². The summed E-state index contributed by atoms with van der Waals surface area (Å²) in [4.78, 5) is 11.0. The van der Waals surface area contributed by atoms with Crippen molar-refractivity contribution in [3.05, 3.63) is 41.5 Å². The number of rotatable bonds is 3. The van der Waals surface area contributed by atoms with Crippen LogP contribution in [-0.2, 0) is 0 Å². The molecule has 0 N–H and O–H groups in total. The summed E-state index contributed by atoms with van der Waals surface area (Å²) in [5.74, 6) is -0.331. The third kappa shape index (κ3) is 2.61. The Balaban J connectivity index is 3.80. The fourth-order valence-electron chi connectivity index (χ4n) is 0.887. The van der Waals surface area contributed by atoms with Gasteiger partial charge in [-0.2, -0.15) is 0 Å². The van der Waals surface area contributed by atoms with Gasteiger partial charge in [0.1, 0.15) is 11.0 Å². The molecule has 0 aliphatic rings. The molecular weight excluding hydrogens is 271 g/mol. The topological polar surface area (TPSA) is 159 Å². The van der Waals surface area contributed by atoms with E-state index in [1.165, 1.54) is 0 Å². The van der Waals surface area contributed by atoms with E-state index in [0.717, 1.165) is 0 Å². The second-order valence-electron chi connectivity index (χ2n) is 2.31. The van der Waals surface area contributed by atoms with E-state index in [-0.39, 0.29) is 27.4 Å². The van der Waals surface area contributed by atoms with Gasteiger partial charge in [-0.05, 0) is 21.7 Å². The second-order valence-corrected chi connectivity index (χ2v) is 3.04. The van der Waals surface area contributed by atoms with Crippen molar-refractivity contribution in [3.8, 4) is 0 Å². The molecule has 0 aromatic carbocycles. The molecule has 1 aromatic heterocycles. The largest absolute Gasteiger partial charge is 0.232 e. The highest BCUT2D eigenvalue weighted by Gasteiger charge is 2.15. The summed E-state index contributed by atoms with van der Waals surface area (Å²) in [6, 6.07) is 0. The van der Waals surface area contributed by atoms with Crippen LogP contribution >= 0.6 is 23.2 Å². The molecule has 0 fully saturated rings. The number of aromatic nitrogens is 1. The summed E-state index contributed by atoms with van der Waals surface area (Å²) < 4.78 is 0. The van der Waals surface area contributed by atoms with E-state index in [4.69, 9.17) is 39.8 Å². The average Bonchev–Trinajstić information content (AvgIpc) is 2.30. The van der Waals surface area contributed by atoms with Gasteiger partial charge in [0, 0.05) is 14.7 Å². The van der Waals surface area contributed by atoms with Crippen molar-refractivity contribution >= 4 is 40.4 Å². The van der Waals surface area contributed by atoms with Crippen LogP contribution in [0.5, 0.6) is 0 Å². The monoisotopic (exact) mass is 270 g/mol. The van der Waals surface area contributed by atoms with E-state index in [2.05, 4.69) is 35.1 Å². The van der Waals surface area contributed by atoms with Crippen molar-refractivity contribution in [2.75, 3.05) is 0 Å². The molecule has 0 amide bonds. The predicted molar refractivity (Wildman–Crippen MR) is 60.7 cm³/mol. The molecule has 10 nitrogen and oxygen atoms in total. The van der Waals surface area contributed by atoms with E-state index in [9.17, 15) is 0 Å². The molecule has 12 heteroatoms. The third-order valence-electron chi connectivity index (χ3n) is 1.46. The summed E-state index contributed by atoms with van der Waals surface area (Å²) in [6.45, 7) is 0. The lowest BCUT2D eigenvalue weighted by Crippen LogP contribution is -1.80.